The topological polar surface area (TPSA) is 43.1 Å². The van der Waals surface area contributed by atoms with Crippen LogP contribution in [0.15, 0.2) is 115 Å². The van der Waals surface area contributed by atoms with Crippen LogP contribution in [0.2, 0.25) is 0 Å². The van der Waals surface area contributed by atoms with Crippen LogP contribution in [0.5, 0.6) is 0 Å². The molecule has 0 aliphatic rings. The molecule has 0 saturated carbocycles. The second-order valence-corrected chi connectivity index (χ2v) is 16.2. The number of rotatable bonds is 6. The number of halogens is 1. The van der Waals surface area contributed by atoms with Gasteiger partial charge in [-0.05, 0) is 0 Å². The van der Waals surface area contributed by atoms with Gasteiger partial charge in [-0.25, -0.2) is 0 Å². The first kappa shape index (κ1) is 20.5. The summed E-state index contributed by atoms with van der Waals surface area (Å²) in [4.78, 5) is 11.1. The maximum absolute atomic E-state index is 11.4. The summed E-state index contributed by atoms with van der Waals surface area (Å²) in [7, 11) is 0. The molecule has 0 heterocycles. The van der Waals surface area contributed by atoms with Crippen LogP contribution in [-0.4, -0.2) is 4.92 Å². The zero-order valence-corrected chi connectivity index (χ0v) is 18.7. The molecule has 0 fully saturated rings. The first-order chi connectivity index (χ1) is 14.5. The zero-order chi connectivity index (χ0) is 21.1. The predicted molar refractivity (Wildman–Crippen MR) is 131 cm³/mol. The van der Waals surface area contributed by atoms with Crippen LogP contribution < -0.4 is 15.9 Å². The molecule has 0 atom stereocenters. The van der Waals surface area contributed by atoms with Gasteiger partial charge in [-0.2, -0.15) is 0 Å². The first-order valence-electron chi connectivity index (χ1n) is 9.65. The Labute approximate surface area is 184 Å². The van der Waals surface area contributed by atoms with Gasteiger partial charge in [-0.1, -0.05) is 0 Å². The molecule has 4 aromatic rings. The summed E-state index contributed by atoms with van der Waals surface area (Å²) in [6.07, 6.45) is 0.630. The van der Waals surface area contributed by atoms with E-state index in [1.807, 2.05) is 24.3 Å². The molecule has 5 heteroatoms. The van der Waals surface area contributed by atoms with Crippen LogP contribution in [-0.2, 0) is 6.16 Å². The Hall–Kier alpha value is -2.81. The summed E-state index contributed by atoms with van der Waals surface area (Å²) in [5.41, 5.74) is 1.04. The number of benzene rings is 4. The Bertz CT molecular complexity index is 1070. The van der Waals surface area contributed by atoms with Crippen LogP contribution in [0.3, 0.4) is 0 Å². The van der Waals surface area contributed by atoms with Crippen molar-refractivity contribution in [2.75, 3.05) is 0 Å². The molecule has 150 valence electrons. The zero-order valence-electron chi connectivity index (χ0n) is 16.3. The molecule has 0 aliphatic carbocycles. The fourth-order valence-corrected chi connectivity index (χ4v) is 11.8. The van der Waals surface area contributed by atoms with Crippen molar-refractivity contribution in [2.45, 2.75) is 6.16 Å². The summed E-state index contributed by atoms with van der Waals surface area (Å²) in [6.45, 7) is 0. The molecule has 0 spiro atoms. The van der Waals surface area contributed by atoms with Crippen LogP contribution in [0.4, 0.5) is 5.69 Å². The van der Waals surface area contributed by atoms with Crippen LogP contribution >= 0.6 is 20.8 Å². The number of hydrogen-bond acceptors (Lipinski definition) is 2. The Balaban J connectivity index is 2.06. The van der Waals surface area contributed by atoms with Gasteiger partial charge >= 0.3 is 184 Å². The van der Waals surface area contributed by atoms with E-state index in [-0.39, 0.29) is 10.6 Å². The molecule has 30 heavy (non-hydrogen) atoms. The second kappa shape index (κ2) is 8.14. The third-order valence-corrected chi connectivity index (χ3v) is 15.0. The normalized spacial score (nSPS) is 12.6. The number of nitrogens with zero attached hydrogens (tertiary/aromatic N) is 1. The van der Waals surface area contributed by atoms with Crippen molar-refractivity contribution in [2.24, 2.45) is 0 Å². The Morgan fingerprint density at radius 3 is 1.50 bits per heavy atom. The quantitative estimate of drug-likeness (QED) is 0.196. The van der Waals surface area contributed by atoms with E-state index in [2.05, 4.69) is 88.3 Å². The first-order valence-corrected chi connectivity index (χ1v) is 14.1. The van der Waals surface area contributed by atoms with Gasteiger partial charge in [0.2, 0.25) is 0 Å². The number of nitro benzene ring substituents is 1. The van der Waals surface area contributed by atoms with Gasteiger partial charge in [0.05, 0.1) is 0 Å². The van der Waals surface area contributed by atoms with Gasteiger partial charge in [-0.3, -0.25) is 0 Å². The fourth-order valence-electron chi connectivity index (χ4n) is 4.05. The third kappa shape index (κ3) is 3.47. The van der Waals surface area contributed by atoms with Gasteiger partial charge in [0, 0.05) is 0 Å². The van der Waals surface area contributed by atoms with E-state index in [1.54, 1.807) is 18.2 Å². The summed E-state index contributed by atoms with van der Waals surface area (Å²) in [5.74, 6) is 0. The molecule has 4 aromatic carbocycles. The standard InChI is InChI=1S/C25H21BrNO2P/c26-30(23-13-4-1-5-14-23,24-15-6-2-7-16-24,25-17-8-3-9-18-25)20-21-11-10-12-22(19-21)27(28)29/h1-19H,20H2. The van der Waals surface area contributed by atoms with E-state index in [0.717, 1.165) is 5.56 Å². The van der Waals surface area contributed by atoms with Gasteiger partial charge in [0.1, 0.15) is 0 Å². The van der Waals surface area contributed by atoms with Crippen molar-refractivity contribution < 1.29 is 4.92 Å². The van der Waals surface area contributed by atoms with Crippen LogP contribution in [0, 0.1) is 10.1 Å². The average molecular weight is 478 g/mol. The Morgan fingerprint density at radius 2 is 1.10 bits per heavy atom. The van der Waals surface area contributed by atoms with Crippen LogP contribution in [0.25, 0.3) is 0 Å². The number of hydrogen-bond donors (Lipinski definition) is 0. The molecular weight excluding hydrogens is 457 g/mol. The van der Waals surface area contributed by atoms with E-state index < -0.39 is 5.31 Å². The van der Waals surface area contributed by atoms with Crippen molar-refractivity contribution in [3.05, 3.63) is 131 Å². The summed E-state index contributed by atoms with van der Waals surface area (Å²) >= 11 is 4.38. The van der Waals surface area contributed by atoms with E-state index in [9.17, 15) is 10.1 Å². The van der Waals surface area contributed by atoms with Crippen molar-refractivity contribution in [3.8, 4) is 0 Å². The van der Waals surface area contributed by atoms with Crippen molar-refractivity contribution in [1.29, 1.82) is 0 Å². The molecule has 4 rings (SSSR count). The van der Waals surface area contributed by atoms with E-state index in [0.29, 0.717) is 6.16 Å². The van der Waals surface area contributed by atoms with Gasteiger partial charge in [0.15, 0.2) is 0 Å². The van der Waals surface area contributed by atoms with E-state index in [1.165, 1.54) is 15.9 Å². The van der Waals surface area contributed by atoms with E-state index >= 15 is 0 Å². The summed E-state index contributed by atoms with van der Waals surface area (Å²) in [5, 5.41) is 11.8. The van der Waals surface area contributed by atoms with Crippen molar-refractivity contribution in [3.63, 3.8) is 0 Å². The maximum atomic E-state index is 11.4. The summed E-state index contributed by atoms with van der Waals surface area (Å²) in [6, 6.07) is 38.3. The molecule has 0 radical (unpaired) electrons. The Morgan fingerprint density at radius 1 is 0.667 bits per heavy atom. The molecule has 0 amide bonds. The molecule has 0 bridgehead atoms. The minimum absolute atomic E-state index is 0.110. The molecule has 0 saturated heterocycles. The average Bonchev–Trinajstić information content (AvgIpc) is 2.81. The van der Waals surface area contributed by atoms with Gasteiger partial charge in [-0.15, -0.1) is 0 Å². The molecule has 0 aromatic heterocycles. The molecule has 3 nitrogen and oxygen atoms in total. The summed E-state index contributed by atoms with van der Waals surface area (Å²) < 4.78 is 0. The van der Waals surface area contributed by atoms with Gasteiger partial charge < -0.3 is 0 Å². The van der Waals surface area contributed by atoms with Gasteiger partial charge in [0.25, 0.3) is 0 Å². The second-order valence-electron chi connectivity index (χ2n) is 7.27. The van der Waals surface area contributed by atoms with Crippen molar-refractivity contribution in [1.82, 2.24) is 0 Å². The minimum atomic E-state index is -3.15. The Kier molecular flexibility index (Phi) is 5.55. The predicted octanol–water partition coefficient (Wildman–Crippen LogP) is 5.93. The molecular formula is C25H21BrNO2P. The number of nitro groups is 1. The van der Waals surface area contributed by atoms with Crippen molar-refractivity contribution >= 4 is 42.4 Å². The third-order valence-electron chi connectivity index (χ3n) is 5.48. The molecule has 0 unspecified atom stereocenters. The molecule has 0 aliphatic heterocycles. The SMILES string of the molecule is O=[N+]([O-])c1cccc(CP(Br)(c2ccccc2)(c2ccccc2)c2ccccc2)c1. The number of non-ortho nitro benzene ring substituents is 1. The van der Waals surface area contributed by atoms with Crippen LogP contribution in [0.1, 0.15) is 5.56 Å². The van der Waals surface area contributed by atoms with E-state index in [4.69, 9.17) is 0 Å². The molecule has 0 N–H and O–H groups in total. The fraction of sp³-hybridized carbons (Fsp3) is 0.0400. The monoisotopic (exact) mass is 477 g/mol.